The molecule has 1 N–H and O–H groups in total. The fraction of sp³-hybridized carbons (Fsp3) is 0.545. The number of hydrogen-bond donors (Lipinski definition) is 1. The first-order chi connectivity index (χ1) is 7.74. The van der Waals surface area contributed by atoms with E-state index in [2.05, 4.69) is 0 Å². The zero-order chi connectivity index (χ0) is 11.8. The Balaban J connectivity index is 2.14. The Morgan fingerprint density at radius 1 is 1.44 bits per heavy atom. The van der Waals surface area contributed by atoms with Crippen molar-refractivity contribution in [2.24, 2.45) is 0 Å². The number of carbonyl (C=O) groups is 1. The highest BCUT2D eigenvalue weighted by molar-refractivity contribution is 5.87. The van der Waals surface area contributed by atoms with Gasteiger partial charge in [-0.2, -0.15) is 0 Å². The molecule has 1 aromatic heterocycles. The van der Waals surface area contributed by atoms with Crippen LogP contribution in [0.3, 0.4) is 0 Å². The topological polar surface area (TPSA) is 60.7 Å². The molecule has 0 unspecified atom stereocenters. The molecule has 0 radical (unpaired) electrons. The summed E-state index contributed by atoms with van der Waals surface area (Å²) in [5.41, 5.74) is 0.305. The van der Waals surface area contributed by atoms with Crippen LogP contribution in [-0.4, -0.2) is 42.6 Å². The normalized spacial score (nSPS) is 10.6. The monoisotopic (exact) mass is 227 g/mol. The molecular weight excluding hydrogens is 210 g/mol. The summed E-state index contributed by atoms with van der Waals surface area (Å²) in [5.74, 6) is -0.903. The maximum Gasteiger partial charge on any atom is 0.337 e. The van der Waals surface area contributed by atoms with E-state index < -0.39 is 5.97 Å². The second-order valence-electron chi connectivity index (χ2n) is 3.40. The Morgan fingerprint density at radius 2 is 2.25 bits per heavy atom. The quantitative estimate of drug-likeness (QED) is 0.679. The van der Waals surface area contributed by atoms with Crippen molar-refractivity contribution in [3.63, 3.8) is 0 Å². The number of nitrogens with zero attached hydrogens (tertiary/aromatic N) is 1. The minimum atomic E-state index is -0.903. The van der Waals surface area contributed by atoms with Crippen LogP contribution < -0.4 is 0 Å². The first-order valence-corrected chi connectivity index (χ1v) is 5.20. The zero-order valence-electron chi connectivity index (χ0n) is 9.39. The van der Waals surface area contributed by atoms with Crippen molar-refractivity contribution in [1.82, 2.24) is 4.57 Å². The lowest BCUT2D eigenvalue weighted by Gasteiger charge is -2.04. The van der Waals surface area contributed by atoms with E-state index in [1.807, 2.05) is 0 Å². The molecule has 5 nitrogen and oxygen atoms in total. The number of carboxylic acids is 1. The number of rotatable bonds is 8. The molecule has 0 aliphatic carbocycles. The van der Waals surface area contributed by atoms with Gasteiger partial charge in [-0.05, 0) is 12.5 Å². The molecule has 0 saturated heterocycles. The predicted octanol–water partition coefficient (Wildman–Crippen LogP) is 1.24. The van der Waals surface area contributed by atoms with Crippen molar-refractivity contribution in [1.29, 1.82) is 0 Å². The standard InChI is InChI=1S/C11H17NO4/c1-15-6-2-7-16-8-5-12-4-3-10(9-12)11(13)14/h3-4,9H,2,5-8H2,1H3,(H,13,14). The molecule has 5 heteroatoms. The molecule has 0 atom stereocenters. The van der Waals surface area contributed by atoms with Crippen LogP contribution in [0.25, 0.3) is 0 Å². The Bertz CT molecular complexity index is 322. The predicted molar refractivity (Wildman–Crippen MR) is 58.7 cm³/mol. The molecule has 0 aliphatic rings. The summed E-state index contributed by atoms with van der Waals surface area (Å²) in [4.78, 5) is 10.6. The second kappa shape index (κ2) is 7.03. The summed E-state index contributed by atoms with van der Waals surface area (Å²) in [6, 6.07) is 1.58. The van der Waals surface area contributed by atoms with E-state index in [0.717, 1.165) is 6.42 Å². The molecular formula is C11H17NO4. The van der Waals surface area contributed by atoms with Crippen molar-refractivity contribution in [3.05, 3.63) is 24.0 Å². The van der Waals surface area contributed by atoms with E-state index in [1.165, 1.54) is 0 Å². The largest absolute Gasteiger partial charge is 0.478 e. The highest BCUT2D eigenvalue weighted by Gasteiger charge is 2.03. The fourth-order valence-corrected chi connectivity index (χ4v) is 1.28. The molecule has 0 saturated carbocycles. The molecule has 0 aromatic carbocycles. The van der Waals surface area contributed by atoms with Crippen LogP contribution in [0, 0.1) is 0 Å². The highest BCUT2D eigenvalue weighted by Crippen LogP contribution is 2.00. The number of carboxylic acid groups (broad SMARTS) is 1. The summed E-state index contributed by atoms with van der Waals surface area (Å²) in [7, 11) is 1.66. The number of methoxy groups -OCH3 is 1. The maximum atomic E-state index is 10.6. The van der Waals surface area contributed by atoms with E-state index in [4.69, 9.17) is 14.6 Å². The van der Waals surface area contributed by atoms with Gasteiger partial charge in [-0.3, -0.25) is 0 Å². The first-order valence-electron chi connectivity index (χ1n) is 5.20. The van der Waals surface area contributed by atoms with Gasteiger partial charge in [-0.15, -0.1) is 0 Å². The van der Waals surface area contributed by atoms with E-state index in [9.17, 15) is 4.79 Å². The Morgan fingerprint density at radius 3 is 2.88 bits per heavy atom. The average Bonchev–Trinajstić information content (AvgIpc) is 2.72. The van der Waals surface area contributed by atoms with Crippen molar-refractivity contribution in [3.8, 4) is 0 Å². The number of hydrogen-bond acceptors (Lipinski definition) is 3. The molecule has 0 amide bonds. The fourth-order valence-electron chi connectivity index (χ4n) is 1.28. The van der Waals surface area contributed by atoms with E-state index in [-0.39, 0.29) is 0 Å². The lowest BCUT2D eigenvalue weighted by atomic mass is 10.4. The minimum Gasteiger partial charge on any atom is -0.478 e. The van der Waals surface area contributed by atoms with Gasteiger partial charge in [0.15, 0.2) is 0 Å². The Hall–Kier alpha value is -1.33. The summed E-state index contributed by atoms with van der Waals surface area (Å²) in [5, 5.41) is 8.71. The molecule has 0 fully saturated rings. The van der Waals surface area contributed by atoms with Gasteiger partial charge in [0.2, 0.25) is 0 Å². The lowest BCUT2D eigenvalue weighted by Crippen LogP contribution is -2.06. The molecule has 1 rings (SSSR count). The Labute approximate surface area is 94.6 Å². The van der Waals surface area contributed by atoms with Gasteiger partial charge in [-0.1, -0.05) is 0 Å². The van der Waals surface area contributed by atoms with Gasteiger partial charge in [0.1, 0.15) is 0 Å². The summed E-state index contributed by atoms with van der Waals surface area (Å²) in [6.07, 6.45) is 4.21. The molecule has 0 spiro atoms. The van der Waals surface area contributed by atoms with Crippen molar-refractivity contribution >= 4 is 5.97 Å². The third-order valence-corrected chi connectivity index (χ3v) is 2.13. The van der Waals surface area contributed by atoms with Crippen molar-refractivity contribution in [2.45, 2.75) is 13.0 Å². The van der Waals surface area contributed by atoms with Gasteiger partial charge in [0.05, 0.1) is 12.2 Å². The van der Waals surface area contributed by atoms with Crippen molar-refractivity contribution < 1.29 is 19.4 Å². The van der Waals surface area contributed by atoms with E-state index >= 15 is 0 Å². The van der Waals surface area contributed by atoms with Crippen molar-refractivity contribution in [2.75, 3.05) is 26.9 Å². The van der Waals surface area contributed by atoms with Gasteiger partial charge in [0, 0.05) is 39.3 Å². The van der Waals surface area contributed by atoms with Crippen LogP contribution >= 0.6 is 0 Å². The van der Waals surface area contributed by atoms with Gasteiger partial charge in [-0.25, -0.2) is 4.79 Å². The maximum absolute atomic E-state index is 10.6. The smallest absolute Gasteiger partial charge is 0.337 e. The molecule has 16 heavy (non-hydrogen) atoms. The summed E-state index contributed by atoms with van der Waals surface area (Å²) < 4.78 is 12.1. The third-order valence-electron chi connectivity index (χ3n) is 2.13. The first kappa shape index (κ1) is 12.7. The summed E-state index contributed by atoms with van der Waals surface area (Å²) >= 11 is 0. The average molecular weight is 227 g/mol. The highest BCUT2D eigenvalue weighted by atomic mass is 16.5. The number of aromatic carboxylic acids is 1. The van der Waals surface area contributed by atoms with Crippen LogP contribution in [0.1, 0.15) is 16.8 Å². The van der Waals surface area contributed by atoms with Crippen LogP contribution in [0.4, 0.5) is 0 Å². The summed E-state index contributed by atoms with van der Waals surface area (Å²) in [6.45, 7) is 2.62. The zero-order valence-corrected chi connectivity index (χ0v) is 9.39. The molecule has 1 heterocycles. The molecule has 1 aromatic rings. The number of ether oxygens (including phenoxy) is 2. The number of aromatic nitrogens is 1. The SMILES string of the molecule is COCCCOCCn1ccc(C(=O)O)c1. The van der Waals surface area contributed by atoms with Gasteiger partial charge >= 0.3 is 5.97 Å². The lowest BCUT2D eigenvalue weighted by molar-refractivity contribution is 0.0696. The van der Waals surface area contributed by atoms with E-state index in [1.54, 1.807) is 30.1 Å². The molecule has 90 valence electrons. The Kier molecular flexibility index (Phi) is 5.60. The van der Waals surface area contributed by atoms with Crippen LogP contribution in [0.5, 0.6) is 0 Å². The van der Waals surface area contributed by atoms with Gasteiger partial charge < -0.3 is 19.1 Å². The third kappa shape index (κ3) is 4.46. The minimum absolute atomic E-state index is 0.305. The van der Waals surface area contributed by atoms with Crippen LogP contribution in [-0.2, 0) is 16.0 Å². The van der Waals surface area contributed by atoms with Crippen LogP contribution in [0.15, 0.2) is 18.5 Å². The molecule has 0 bridgehead atoms. The van der Waals surface area contributed by atoms with Crippen LogP contribution in [0.2, 0.25) is 0 Å². The molecule has 0 aliphatic heterocycles. The van der Waals surface area contributed by atoms with E-state index in [0.29, 0.717) is 31.9 Å². The van der Waals surface area contributed by atoms with Gasteiger partial charge in [0.25, 0.3) is 0 Å². The second-order valence-corrected chi connectivity index (χ2v) is 3.40.